The average molecular weight is 396 g/mol. The molecular formula is C21H25N5OS. The van der Waals surface area contributed by atoms with Gasteiger partial charge in [0, 0.05) is 32.0 Å². The monoisotopic (exact) mass is 395 g/mol. The minimum absolute atomic E-state index is 0.0458. The predicted molar refractivity (Wildman–Crippen MR) is 111 cm³/mol. The third kappa shape index (κ3) is 3.97. The molecule has 0 unspecified atom stereocenters. The predicted octanol–water partition coefficient (Wildman–Crippen LogP) is 3.80. The molecule has 2 heterocycles. The standard InChI is InChI=1S/C21H25N5OS/c1-21(2,3)15-9-7-14(8-10-15)17-16(13-22)18(24-19(27)25(4)5)26-11-6-12-28-20(26)23-17/h7-10H,6,11-12H2,1-5H3/b24-18-. The highest BCUT2D eigenvalue weighted by Crippen LogP contribution is 2.29. The lowest BCUT2D eigenvalue weighted by atomic mass is 9.86. The second-order valence-electron chi connectivity index (χ2n) is 8.02. The Labute approximate surface area is 169 Å². The van der Waals surface area contributed by atoms with Gasteiger partial charge >= 0.3 is 6.03 Å². The maximum absolute atomic E-state index is 12.3. The highest BCUT2D eigenvalue weighted by molar-refractivity contribution is 7.99. The number of urea groups is 1. The molecule has 1 aliphatic heterocycles. The van der Waals surface area contributed by atoms with Gasteiger partial charge in [0.15, 0.2) is 10.6 Å². The molecule has 6 nitrogen and oxygen atoms in total. The van der Waals surface area contributed by atoms with E-state index in [9.17, 15) is 10.1 Å². The highest BCUT2D eigenvalue weighted by Gasteiger charge is 2.21. The van der Waals surface area contributed by atoms with Crippen molar-refractivity contribution in [3.05, 3.63) is 40.9 Å². The molecule has 0 N–H and O–H groups in total. The fourth-order valence-corrected chi connectivity index (χ4v) is 3.93. The van der Waals surface area contributed by atoms with Crippen molar-refractivity contribution < 1.29 is 4.79 Å². The number of hydrogen-bond acceptors (Lipinski definition) is 4. The van der Waals surface area contributed by atoms with E-state index < -0.39 is 0 Å². The lowest BCUT2D eigenvalue weighted by Gasteiger charge is -2.21. The van der Waals surface area contributed by atoms with Gasteiger partial charge in [0.25, 0.3) is 0 Å². The maximum atomic E-state index is 12.3. The van der Waals surface area contributed by atoms with Crippen LogP contribution >= 0.6 is 11.8 Å². The van der Waals surface area contributed by atoms with Gasteiger partial charge in [-0.15, -0.1) is 0 Å². The Hall–Kier alpha value is -2.59. The Morgan fingerprint density at radius 1 is 1.29 bits per heavy atom. The third-order valence-corrected chi connectivity index (χ3v) is 5.69. The van der Waals surface area contributed by atoms with E-state index in [1.54, 1.807) is 25.9 Å². The Bertz CT molecular complexity index is 1010. The zero-order valence-corrected chi connectivity index (χ0v) is 17.8. The number of nitriles is 1. The Morgan fingerprint density at radius 2 is 1.96 bits per heavy atom. The Kier molecular flexibility index (Phi) is 5.61. The molecule has 0 saturated carbocycles. The molecule has 1 aromatic carbocycles. The summed E-state index contributed by atoms with van der Waals surface area (Å²) in [6.45, 7) is 7.19. The molecule has 2 amide bonds. The first-order chi connectivity index (χ1) is 13.2. The van der Waals surface area contributed by atoms with Crippen LogP contribution in [-0.2, 0) is 12.0 Å². The Morgan fingerprint density at radius 3 is 2.54 bits per heavy atom. The molecular weight excluding hydrogens is 370 g/mol. The van der Waals surface area contributed by atoms with E-state index in [1.165, 1.54) is 10.5 Å². The van der Waals surface area contributed by atoms with Crippen LogP contribution in [0.3, 0.4) is 0 Å². The molecule has 1 aromatic heterocycles. The molecule has 28 heavy (non-hydrogen) atoms. The molecule has 7 heteroatoms. The van der Waals surface area contributed by atoms with Gasteiger partial charge in [-0.2, -0.15) is 10.3 Å². The third-order valence-electron chi connectivity index (χ3n) is 4.63. The number of amides is 2. The summed E-state index contributed by atoms with van der Waals surface area (Å²) in [5, 5.41) is 10.7. The van der Waals surface area contributed by atoms with Crippen LogP contribution in [0.1, 0.15) is 38.3 Å². The van der Waals surface area contributed by atoms with Crippen LogP contribution < -0.4 is 5.49 Å². The summed E-state index contributed by atoms with van der Waals surface area (Å²) >= 11 is 1.63. The van der Waals surface area contributed by atoms with Gasteiger partial charge < -0.3 is 9.47 Å². The fourth-order valence-electron chi connectivity index (χ4n) is 2.99. The van der Waals surface area contributed by atoms with Crippen molar-refractivity contribution in [2.24, 2.45) is 4.99 Å². The zero-order chi connectivity index (χ0) is 20.5. The molecule has 0 saturated heterocycles. The van der Waals surface area contributed by atoms with Crippen molar-refractivity contribution in [1.29, 1.82) is 5.26 Å². The van der Waals surface area contributed by atoms with Gasteiger partial charge in [0.1, 0.15) is 11.6 Å². The number of nitrogens with zero attached hydrogens (tertiary/aromatic N) is 5. The van der Waals surface area contributed by atoms with E-state index >= 15 is 0 Å². The van der Waals surface area contributed by atoms with Crippen LogP contribution in [0.15, 0.2) is 34.4 Å². The van der Waals surface area contributed by atoms with Crippen molar-refractivity contribution in [2.75, 3.05) is 19.8 Å². The first-order valence-corrected chi connectivity index (χ1v) is 10.3. The van der Waals surface area contributed by atoms with E-state index in [2.05, 4.69) is 44.0 Å². The molecule has 0 radical (unpaired) electrons. The molecule has 0 aliphatic carbocycles. The molecule has 0 spiro atoms. The molecule has 2 aromatic rings. The first-order valence-electron chi connectivity index (χ1n) is 9.27. The number of fused-ring (bicyclic) bond motifs is 1. The first kappa shape index (κ1) is 20.2. The summed E-state index contributed by atoms with van der Waals surface area (Å²) in [4.78, 5) is 22.7. The van der Waals surface area contributed by atoms with Crippen molar-refractivity contribution in [1.82, 2.24) is 14.5 Å². The fraction of sp³-hybridized carbons (Fsp3) is 0.429. The molecule has 1 aliphatic rings. The number of carbonyl (C=O) groups is 1. The van der Waals surface area contributed by atoms with Crippen molar-refractivity contribution in [3.63, 3.8) is 0 Å². The van der Waals surface area contributed by atoms with Gasteiger partial charge in [-0.1, -0.05) is 56.8 Å². The van der Waals surface area contributed by atoms with Gasteiger partial charge in [0.05, 0.1) is 5.69 Å². The summed E-state index contributed by atoms with van der Waals surface area (Å²) in [5.41, 5.74) is 3.42. The second kappa shape index (κ2) is 7.80. The van der Waals surface area contributed by atoms with E-state index in [1.807, 2.05) is 16.7 Å². The zero-order valence-electron chi connectivity index (χ0n) is 17.0. The van der Waals surface area contributed by atoms with Gasteiger partial charge in [-0.05, 0) is 17.4 Å². The molecule has 0 bridgehead atoms. The smallest absolute Gasteiger partial charge is 0.329 e. The van der Waals surface area contributed by atoms with Gasteiger partial charge in [0.2, 0.25) is 0 Å². The number of thioether (sulfide) groups is 1. The average Bonchev–Trinajstić information content (AvgIpc) is 2.67. The lowest BCUT2D eigenvalue weighted by molar-refractivity contribution is 0.226. The summed E-state index contributed by atoms with van der Waals surface area (Å²) < 4.78 is 1.89. The van der Waals surface area contributed by atoms with E-state index in [0.717, 1.165) is 22.9 Å². The van der Waals surface area contributed by atoms with Crippen LogP contribution in [-0.4, -0.2) is 40.3 Å². The highest BCUT2D eigenvalue weighted by atomic mass is 32.2. The van der Waals surface area contributed by atoms with Crippen molar-refractivity contribution in [2.45, 2.75) is 44.3 Å². The maximum Gasteiger partial charge on any atom is 0.345 e. The lowest BCUT2D eigenvalue weighted by Crippen LogP contribution is -2.33. The molecule has 146 valence electrons. The molecule has 3 rings (SSSR count). The summed E-state index contributed by atoms with van der Waals surface area (Å²) in [7, 11) is 3.30. The van der Waals surface area contributed by atoms with Crippen LogP contribution in [0, 0.1) is 11.3 Å². The summed E-state index contributed by atoms with van der Waals surface area (Å²) in [6.07, 6.45) is 0.952. The van der Waals surface area contributed by atoms with Crippen LogP contribution in [0.4, 0.5) is 4.79 Å². The van der Waals surface area contributed by atoms with Gasteiger partial charge in [-0.3, -0.25) is 0 Å². The second-order valence-corrected chi connectivity index (χ2v) is 9.09. The van der Waals surface area contributed by atoms with E-state index in [0.29, 0.717) is 23.3 Å². The minimum Gasteiger partial charge on any atom is -0.329 e. The van der Waals surface area contributed by atoms with Crippen LogP contribution in [0.5, 0.6) is 0 Å². The molecule has 0 atom stereocenters. The largest absolute Gasteiger partial charge is 0.345 e. The number of aromatic nitrogens is 2. The summed E-state index contributed by atoms with van der Waals surface area (Å²) in [6, 6.07) is 9.98. The quantitative estimate of drug-likeness (QED) is 0.689. The normalized spacial score (nSPS) is 14.4. The number of rotatable bonds is 1. The SMILES string of the molecule is CN(C)C(=O)/N=c1/c(C#N)c(-c2ccc(C(C)(C)C)cc2)nc2n1CCCS2. The number of hydrogen-bond donors (Lipinski definition) is 0. The van der Waals surface area contributed by atoms with E-state index in [4.69, 9.17) is 4.98 Å². The van der Waals surface area contributed by atoms with Crippen molar-refractivity contribution >= 4 is 17.8 Å². The summed E-state index contributed by atoms with van der Waals surface area (Å²) in [5.74, 6) is 0.961. The van der Waals surface area contributed by atoms with Crippen LogP contribution in [0.2, 0.25) is 0 Å². The number of carbonyl (C=O) groups excluding carboxylic acids is 1. The van der Waals surface area contributed by atoms with Crippen molar-refractivity contribution in [3.8, 4) is 17.3 Å². The van der Waals surface area contributed by atoms with E-state index in [-0.39, 0.29) is 11.4 Å². The minimum atomic E-state index is -0.387. The molecule has 0 fully saturated rings. The topological polar surface area (TPSA) is 74.3 Å². The van der Waals surface area contributed by atoms with Crippen LogP contribution in [0.25, 0.3) is 11.3 Å². The number of benzene rings is 1. The Balaban J connectivity index is 2.25. The van der Waals surface area contributed by atoms with Gasteiger partial charge in [-0.25, -0.2) is 9.78 Å².